The number of anilines is 1. The van der Waals surface area contributed by atoms with Crippen molar-refractivity contribution in [3.05, 3.63) is 90.0 Å². The highest BCUT2D eigenvalue weighted by molar-refractivity contribution is 7.89. The summed E-state index contributed by atoms with van der Waals surface area (Å²) in [5.41, 5.74) is 2.59. The first-order valence-corrected chi connectivity index (χ1v) is 10.9. The van der Waals surface area contributed by atoms with Gasteiger partial charge >= 0.3 is 0 Å². The molecular weight excluding hydrogens is 400 g/mol. The van der Waals surface area contributed by atoms with Gasteiger partial charge in [0.2, 0.25) is 15.9 Å². The summed E-state index contributed by atoms with van der Waals surface area (Å²) in [6, 6.07) is 23.3. The average Bonchev–Trinajstić information content (AvgIpc) is 2.74. The molecule has 0 unspecified atom stereocenters. The molecule has 156 valence electrons. The molecule has 0 heterocycles. The van der Waals surface area contributed by atoms with E-state index in [4.69, 9.17) is 4.74 Å². The van der Waals surface area contributed by atoms with Gasteiger partial charge in [-0.1, -0.05) is 48.0 Å². The highest BCUT2D eigenvalue weighted by Crippen LogP contribution is 2.18. The SMILES string of the molecule is Cc1ccc(S(=O)(=O)N(C)CC(=O)Nc2ccc(OCc3ccccc3)cc2)cc1. The first kappa shape index (κ1) is 21.5. The molecule has 3 rings (SSSR count). The third-order valence-electron chi connectivity index (χ3n) is 4.48. The van der Waals surface area contributed by atoms with E-state index in [1.54, 1.807) is 36.4 Å². The van der Waals surface area contributed by atoms with Crippen molar-refractivity contribution in [2.24, 2.45) is 0 Å². The van der Waals surface area contributed by atoms with E-state index in [1.165, 1.54) is 19.2 Å². The normalized spacial score (nSPS) is 11.3. The van der Waals surface area contributed by atoms with Crippen LogP contribution >= 0.6 is 0 Å². The number of nitrogens with one attached hydrogen (secondary N) is 1. The molecule has 3 aromatic rings. The van der Waals surface area contributed by atoms with Gasteiger partial charge in [0.1, 0.15) is 12.4 Å². The Labute approximate surface area is 177 Å². The van der Waals surface area contributed by atoms with Crippen LogP contribution in [0.1, 0.15) is 11.1 Å². The number of nitrogens with zero attached hydrogens (tertiary/aromatic N) is 1. The van der Waals surface area contributed by atoms with Crippen molar-refractivity contribution in [1.82, 2.24) is 4.31 Å². The molecule has 0 aliphatic rings. The van der Waals surface area contributed by atoms with E-state index in [0.29, 0.717) is 18.0 Å². The van der Waals surface area contributed by atoms with Crippen LogP contribution in [0.2, 0.25) is 0 Å². The first-order valence-electron chi connectivity index (χ1n) is 9.44. The Bertz CT molecular complexity index is 1080. The smallest absolute Gasteiger partial charge is 0.243 e. The fourth-order valence-corrected chi connectivity index (χ4v) is 3.88. The average molecular weight is 425 g/mol. The van der Waals surface area contributed by atoms with Crippen molar-refractivity contribution in [2.75, 3.05) is 18.9 Å². The standard InChI is InChI=1S/C23H24N2O4S/c1-18-8-14-22(15-9-18)30(27,28)25(2)16-23(26)24-20-10-12-21(13-11-20)29-17-19-6-4-3-5-7-19/h3-15H,16-17H2,1-2H3,(H,24,26). The van der Waals surface area contributed by atoms with Gasteiger partial charge in [0.25, 0.3) is 0 Å². The quantitative estimate of drug-likeness (QED) is 0.596. The number of aryl methyl sites for hydroxylation is 1. The number of carbonyl (C=O) groups excluding carboxylic acids is 1. The Kier molecular flexibility index (Phi) is 6.87. The molecule has 0 saturated heterocycles. The van der Waals surface area contributed by atoms with Crippen LogP contribution in [0.25, 0.3) is 0 Å². The van der Waals surface area contributed by atoms with Gasteiger partial charge in [0.05, 0.1) is 11.4 Å². The molecule has 0 spiro atoms. The van der Waals surface area contributed by atoms with Gasteiger partial charge in [-0.05, 0) is 48.9 Å². The highest BCUT2D eigenvalue weighted by atomic mass is 32.2. The molecule has 0 atom stereocenters. The zero-order valence-corrected chi connectivity index (χ0v) is 17.7. The number of benzene rings is 3. The van der Waals surface area contributed by atoms with E-state index in [1.807, 2.05) is 37.3 Å². The van der Waals surface area contributed by atoms with E-state index < -0.39 is 15.9 Å². The lowest BCUT2D eigenvalue weighted by atomic mass is 10.2. The molecule has 0 aliphatic carbocycles. The molecule has 0 aromatic heterocycles. The molecular formula is C23H24N2O4S. The summed E-state index contributed by atoms with van der Waals surface area (Å²) in [5, 5.41) is 2.71. The molecule has 0 aliphatic heterocycles. The summed E-state index contributed by atoms with van der Waals surface area (Å²) in [6.45, 7) is 2.04. The Balaban J connectivity index is 1.54. The molecule has 7 heteroatoms. The van der Waals surface area contributed by atoms with E-state index >= 15 is 0 Å². The summed E-state index contributed by atoms with van der Waals surface area (Å²) in [4.78, 5) is 12.5. The number of hydrogen-bond acceptors (Lipinski definition) is 4. The molecule has 30 heavy (non-hydrogen) atoms. The van der Waals surface area contributed by atoms with Gasteiger partial charge in [-0.2, -0.15) is 4.31 Å². The molecule has 1 amide bonds. The molecule has 0 radical (unpaired) electrons. The molecule has 0 bridgehead atoms. The van der Waals surface area contributed by atoms with Crippen LogP contribution < -0.4 is 10.1 Å². The lowest BCUT2D eigenvalue weighted by molar-refractivity contribution is -0.116. The van der Waals surface area contributed by atoms with Crippen LogP contribution in [-0.4, -0.2) is 32.2 Å². The first-order chi connectivity index (χ1) is 14.3. The van der Waals surface area contributed by atoms with Crippen molar-refractivity contribution in [2.45, 2.75) is 18.4 Å². The summed E-state index contributed by atoms with van der Waals surface area (Å²) < 4.78 is 31.9. The summed E-state index contributed by atoms with van der Waals surface area (Å²) in [7, 11) is -2.35. The number of sulfonamides is 1. The van der Waals surface area contributed by atoms with Crippen LogP contribution in [0.4, 0.5) is 5.69 Å². The fraction of sp³-hybridized carbons (Fsp3) is 0.174. The van der Waals surface area contributed by atoms with Crippen molar-refractivity contribution < 1.29 is 17.9 Å². The molecule has 6 nitrogen and oxygen atoms in total. The maximum Gasteiger partial charge on any atom is 0.243 e. The third-order valence-corrected chi connectivity index (χ3v) is 6.30. The number of likely N-dealkylation sites (N-methyl/N-ethyl adjacent to an activating group) is 1. The minimum Gasteiger partial charge on any atom is -0.489 e. The number of rotatable bonds is 8. The van der Waals surface area contributed by atoms with Crippen LogP contribution in [0, 0.1) is 6.92 Å². The van der Waals surface area contributed by atoms with Crippen molar-refractivity contribution in [3.63, 3.8) is 0 Å². The molecule has 0 saturated carbocycles. The zero-order chi connectivity index (χ0) is 21.6. The van der Waals surface area contributed by atoms with Gasteiger partial charge in [-0.3, -0.25) is 4.79 Å². The Morgan fingerprint density at radius 2 is 1.57 bits per heavy atom. The van der Waals surface area contributed by atoms with E-state index in [2.05, 4.69) is 5.32 Å². The van der Waals surface area contributed by atoms with Gasteiger partial charge < -0.3 is 10.1 Å². The summed E-state index contributed by atoms with van der Waals surface area (Å²) in [6.07, 6.45) is 0. The monoisotopic (exact) mass is 424 g/mol. The third kappa shape index (κ3) is 5.68. The predicted octanol–water partition coefficient (Wildman–Crippen LogP) is 3.83. The van der Waals surface area contributed by atoms with Crippen LogP contribution in [-0.2, 0) is 21.4 Å². The highest BCUT2D eigenvalue weighted by Gasteiger charge is 2.22. The second-order valence-corrected chi connectivity index (χ2v) is 8.97. The van der Waals surface area contributed by atoms with Gasteiger partial charge in [-0.15, -0.1) is 0 Å². The van der Waals surface area contributed by atoms with Gasteiger partial charge in [-0.25, -0.2) is 8.42 Å². The Morgan fingerprint density at radius 1 is 0.933 bits per heavy atom. The summed E-state index contributed by atoms with van der Waals surface area (Å²) in [5.74, 6) is 0.252. The molecule has 0 fully saturated rings. The zero-order valence-electron chi connectivity index (χ0n) is 16.9. The summed E-state index contributed by atoms with van der Waals surface area (Å²) >= 11 is 0. The topological polar surface area (TPSA) is 75.7 Å². The predicted molar refractivity (Wildman–Crippen MR) is 117 cm³/mol. The molecule has 3 aromatic carbocycles. The Morgan fingerprint density at radius 3 is 2.20 bits per heavy atom. The van der Waals surface area contributed by atoms with E-state index in [9.17, 15) is 13.2 Å². The fourth-order valence-electron chi connectivity index (χ4n) is 2.75. The van der Waals surface area contributed by atoms with Crippen LogP contribution in [0.15, 0.2) is 83.8 Å². The van der Waals surface area contributed by atoms with Crippen molar-refractivity contribution in [1.29, 1.82) is 0 Å². The minimum atomic E-state index is -3.73. The molecule has 1 N–H and O–H groups in total. The van der Waals surface area contributed by atoms with Gasteiger partial charge in [0.15, 0.2) is 0 Å². The van der Waals surface area contributed by atoms with Crippen molar-refractivity contribution >= 4 is 21.6 Å². The lowest BCUT2D eigenvalue weighted by Crippen LogP contribution is -2.34. The second-order valence-electron chi connectivity index (χ2n) is 6.92. The largest absolute Gasteiger partial charge is 0.489 e. The number of carbonyl (C=O) groups is 1. The van der Waals surface area contributed by atoms with Crippen LogP contribution in [0.3, 0.4) is 0 Å². The maximum atomic E-state index is 12.6. The maximum absolute atomic E-state index is 12.6. The number of amides is 1. The number of hydrogen-bond donors (Lipinski definition) is 1. The lowest BCUT2D eigenvalue weighted by Gasteiger charge is -2.17. The Hall–Kier alpha value is -3.16. The van der Waals surface area contributed by atoms with Crippen LogP contribution in [0.5, 0.6) is 5.75 Å². The minimum absolute atomic E-state index is 0.156. The van der Waals surface area contributed by atoms with E-state index in [0.717, 1.165) is 15.4 Å². The second kappa shape index (κ2) is 9.56. The number of ether oxygens (including phenoxy) is 1. The van der Waals surface area contributed by atoms with Crippen molar-refractivity contribution in [3.8, 4) is 5.75 Å². The van der Waals surface area contributed by atoms with Gasteiger partial charge in [0, 0.05) is 12.7 Å². The van der Waals surface area contributed by atoms with E-state index in [-0.39, 0.29) is 11.4 Å².